The Kier molecular flexibility index (Phi) is 10.7. The number of benzene rings is 2. The first-order chi connectivity index (χ1) is 15.5. The van der Waals surface area contributed by atoms with E-state index in [1.165, 1.54) is 36.9 Å². The molecule has 1 aliphatic rings. The molecule has 7 heteroatoms. The Morgan fingerprint density at radius 3 is 2.47 bits per heavy atom. The molecule has 0 bridgehead atoms. The zero-order valence-electron chi connectivity index (χ0n) is 19.2. The van der Waals surface area contributed by atoms with E-state index < -0.39 is 11.6 Å². The van der Waals surface area contributed by atoms with Crippen molar-refractivity contribution in [2.75, 3.05) is 6.26 Å². The molecule has 0 spiro atoms. The molecule has 174 valence electrons. The molecule has 2 N–H and O–H groups in total. The van der Waals surface area contributed by atoms with Crippen LogP contribution in [-0.4, -0.2) is 11.2 Å². The fourth-order valence-electron chi connectivity index (χ4n) is 3.61. The van der Waals surface area contributed by atoms with Gasteiger partial charge in [-0.25, -0.2) is 13.8 Å². The van der Waals surface area contributed by atoms with Gasteiger partial charge in [0.05, 0.1) is 0 Å². The van der Waals surface area contributed by atoms with Crippen LogP contribution in [0.15, 0.2) is 47.1 Å². The Labute approximate surface area is 193 Å². The van der Waals surface area contributed by atoms with Gasteiger partial charge in [-0.2, -0.15) is 0 Å². The van der Waals surface area contributed by atoms with Crippen molar-refractivity contribution >= 4 is 11.9 Å². The minimum absolute atomic E-state index is 0.0208. The average molecular weight is 463 g/mol. The van der Waals surface area contributed by atoms with Crippen LogP contribution < -0.4 is 9.88 Å². The van der Waals surface area contributed by atoms with E-state index in [-0.39, 0.29) is 12.4 Å². The summed E-state index contributed by atoms with van der Waals surface area (Å²) >= 11 is 1.25. The smallest absolute Gasteiger partial charge is 0.197 e. The van der Waals surface area contributed by atoms with Gasteiger partial charge in [-0.15, -0.1) is 0 Å². The lowest BCUT2D eigenvalue weighted by Crippen LogP contribution is -2.01. The number of nitrogens with zero attached hydrogens (tertiary/aromatic N) is 1. The summed E-state index contributed by atoms with van der Waals surface area (Å²) in [5.74, 6) is 0.162. The molecule has 0 unspecified atom stereocenters. The Morgan fingerprint density at radius 2 is 1.78 bits per heavy atom. The number of aromatic nitrogens is 1. The second-order valence-electron chi connectivity index (χ2n) is 7.28. The van der Waals surface area contributed by atoms with E-state index >= 15 is 0 Å². The lowest BCUT2D eigenvalue weighted by atomic mass is 10.0. The normalized spacial score (nSPS) is 13.1. The minimum Gasteiger partial charge on any atom is -0.483 e. The van der Waals surface area contributed by atoms with Crippen LogP contribution >= 0.6 is 11.9 Å². The fourth-order valence-corrected chi connectivity index (χ4v) is 3.61. The van der Waals surface area contributed by atoms with Gasteiger partial charge in [0.25, 0.3) is 0 Å². The Bertz CT molecular complexity index is 972. The first-order valence-electron chi connectivity index (χ1n) is 10.9. The largest absolute Gasteiger partial charge is 0.483 e. The van der Waals surface area contributed by atoms with Crippen molar-refractivity contribution in [1.82, 2.24) is 4.98 Å². The summed E-state index contributed by atoms with van der Waals surface area (Å²) in [4.78, 5) is 4.48. The van der Waals surface area contributed by atoms with Gasteiger partial charge in [0.15, 0.2) is 17.5 Å². The lowest BCUT2D eigenvalue weighted by Gasteiger charge is -2.13. The number of ether oxygens (including phenoxy) is 1. The van der Waals surface area contributed by atoms with Crippen LogP contribution in [0.4, 0.5) is 8.78 Å². The third kappa shape index (κ3) is 6.81. The van der Waals surface area contributed by atoms with E-state index in [1.54, 1.807) is 30.5 Å². The second kappa shape index (κ2) is 13.2. The monoisotopic (exact) mass is 462 g/mol. The number of hydrogen-bond acceptors (Lipinski definition) is 5. The van der Waals surface area contributed by atoms with E-state index in [0.29, 0.717) is 22.7 Å². The van der Waals surface area contributed by atoms with Crippen LogP contribution in [0.2, 0.25) is 0 Å². The van der Waals surface area contributed by atoms with Crippen LogP contribution in [0.5, 0.6) is 5.75 Å². The maximum absolute atomic E-state index is 14.4. The molecule has 1 fully saturated rings. The number of aryl methyl sites for hydroxylation is 1. The SMILES string of the molecule is CC.CSN.Cc1ccc(F)c(-c2cccc(F)c2OCc2coc(C3CCCC3)n2)c1. The van der Waals surface area contributed by atoms with E-state index in [0.717, 1.165) is 24.3 Å². The molecule has 0 atom stereocenters. The van der Waals surface area contributed by atoms with Crippen LogP contribution in [0.3, 0.4) is 0 Å². The van der Waals surface area contributed by atoms with Gasteiger partial charge in [-0.05, 0) is 44.2 Å². The van der Waals surface area contributed by atoms with Crippen molar-refractivity contribution < 1.29 is 17.9 Å². The number of para-hydroxylation sites is 1. The van der Waals surface area contributed by atoms with Crippen molar-refractivity contribution in [2.45, 2.75) is 59.0 Å². The van der Waals surface area contributed by atoms with Crippen molar-refractivity contribution in [3.63, 3.8) is 0 Å². The topological polar surface area (TPSA) is 61.3 Å². The summed E-state index contributed by atoms with van der Waals surface area (Å²) in [5.41, 5.74) is 2.20. The molecule has 1 aromatic heterocycles. The molecule has 1 heterocycles. The standard InChI is InChI=1S/C22H21F2NO2.C2H6.CH5NS/c1-14-9-10-19(23)18(11-14)17-7-4-8-20(24)21(17)26-12-16-13-27-22(25-16)15-5-2-3-6-15;1-2;1-3-2/h4,7-11,13,15H,2-3,5-6,12H2,1H3;1-2H3;2H2,1H3. The number of halogens is 2. The predicted octanol–water partition coefficient (Wildman–Crippen LogP) is 7.41. The average Bonchev–Trinajstić information content (AvgIpc) is 3.48. The highest BCUT2D eigenvalue weighted by molar-refractivity contribution is 7.96. The third-order valence-corrected chi connectivity index (χ3v) is 5.02. The first kappa shape index (κ1) is 25.9. The molecule has 1 aliphatic carbocycles. The molecule has 0 radical (unpaired) electrons. The maximum atomic E-state index is 14.4. The molecule has 4 rings (SSSR count). The summed E-state index contributed by atoms with van der Waals surface area (Å²) in [6.45, 7) is 5.93. The first-order valence-corrected chi connectivity index (χ1v) is 12.2. The number of oxazole rings is 1. The Balaban J connectivity index is 0.000000671. The zero-order valence-corrected chi connectivity index (χ0v) is 20.0. The van der Waals surface area contributed by atoms with Crippen LogP contribution in [0.1, 0.15) is 62.6 Å². The van der Waals surface area contributed by atoms with Gasteiger partial charge in [0.1, 0.15) is 24.4 Å². The van der Waals surface area contributed by atoms with Crippen LogP contribution in [-0.2, 0) is 6.61 Å². The summed E-state index contributed by atoms with van der Waals surface area (Å²) in [6.07, 6.45) is 7.94. The highest BCUT2D eigenvalue weighted by atomic mass is 32.2. The number of rotatable bonds is 5. The molecule has 32 heavy (non-hydrogen) atoms. The highest BCUT2D eigenvalue weighted by Gasteiger charge is 2.22. The van der Waals surface area contributed by atoms with E-state index in [4.69, 9.17) is 14.3 Å². The molecule has 1 saturated carbocycles. The summed E-state index contributed by atoms with van der Waals surface area (Å²) < 4.78 is 40.0. The van der Waals surface area contributed by atoms with Crippen molar-refractivity contribution in [1.29, 1.82) is 0 Å². The quantitative estimate of drug-likeness (QED) is 0.400. The molecule has 0 amide bonds. The summed E-state index contributed by atoms with van der Waals surface area (Å²) in [6, 6.07) is 9.25. The summed E-state index contributed by atoms with van der Waals surface area (Å²) in [7, 11) is 0. The van der Waals surface area contributed by atoms with Gasteiger partial charge >= 0.3 is 0 Å². The minimum atomic E-state index is -0.534. The highest BCUT2D eigenvalue weighted by Crippen LogP contribution is 2.36. The molecule has 0 aliphatic heterocycles. The predicted molar refractivity (Wildman–Crippen MR) is 128 cm³/mol. The molecule has 0 saturated heterocycles. The molecular formula is C25H32F2N2O2S. The second-order valence-corrected chi connectivity index (χ2v) is 7.75. The summed E-state index contributed by atoms with van der Waals surface area (Å²) in [5, 5.41) is 4.76. The molecular weight excluding hydrogens is 430 g/mol. The van der Waals surface area contributed by atoms with Gasteiger partial charge in [-0.1, -0.05) is 62.4 Å². The van der Waals surface area contributed by atoms with Gasteiger partial charge in [0.2, 0.25) is 0 Å². The van der Waals surface area contributed by atoms with E-state index in [1.807, 2.05) is 27.0 Å². The molecule has 3 aromatic rings. The lowest BCUT2D eigenvalue weighted by molar-refractivity contribution is 0.287. The fraction of sp³-hybridized carbons (Fsp3) is 0.400. The zero-order chi connectivity index (χ0) is 23.5. The van der Waals surface area contributed by atoms with Gasteiger partial charge in [-0.3, -0.25) is 5.14 Å². The third-order valence-electron chi connectivity index (χ3n) is 5.02. The number of nitrogens with two attached hydrogens (primary N) is 1. The number of hydrogen-bond donors (Lipinski definition) is 1. The molecule has 2 aromatic carbocycles. The Morgan fingerprint density at radius 1 is 1.09 bits per heavy atom. The van der Waals surface area contributed by atoms with Crippen LogP contribution in [0, 0.1) is 18.6 Å². The van der Waals surface area contributed by atoms with Crippen molar-refractivity contribution in [2.24, 2.45) is 5.14 Å². The van der Waals surface area contributed by atoms with E-state index in [9.17, 15) is 8.78 Å². The van der Waals surface area contributed by atoms with Crippen molar-refractivity contribution in [3.8, 4) is 16.9 Å². The van der Waals surface area contributed by atoms with Crippen molar-refractivity contribution in [3.05, 3.63) is 71.4 Å². The van der Waals surface area contributed by atoms with Crippen LogP contribution in [0.25, 0.3) is 11.1 Å². The van der Waals surface area contributed by atoms with Gasteiger partial charge < -0.3 is 9.15 Å². The van der Waals surface area contributed by atoms with Gasteiger partial charge in [0, 0.05) is 17.0 Å². The maximum Gasteiger partial charge on any atom is 0.197 e. The van der Waals surface area contributed by atoms with E-state index in [2.05, 4.69) is 4.98 Å². The Hall–Kier alpha value is -2.38. The molecule has 4 nitrogen and oxygen atoms in total.